The van der Waals surface area contributed by atoms with E-state index in [4.69, 9.17) is 28.4 Å². The van der Waals surface area contributed by atoms with Crippen molar-refractivity contribution in [3.05, 3.63) is 39.6 Å². The zero-order chi connectivity index (χ0) is 31.6. The highest BCUT2D eigenvalue weighted by Gasteiger charge is 2.56. The van der Waals surface area contributed by atoms with Crippen LogP contribution in [0.2, 0.25) is 18.1 Å². The van der Waals surface area contributed by atoms with Gasteiger partial charge in [0.1, 0.15) is 12.2 Å². The van der Waals surface area contributed by atoms with Gasteiger partial charge in [-0.1, -0.05) is 34.1 Å². The Labute approximate surface area is 255 Å². The van der Waals surface area contributed by atoms with E-state index in [-0.39, 0.29) is 35.0 Å². The topological polar surface area (TPSA) is 122 Å². The molecule has 0 unspecified atom stereocenters. The molecule has 2 saturated heterocycles. The Bertz CT molecular complexity index is 1260. The lowest BCUT2D eigenvalue weighted by atomic mass is 9.70. The number of hydrogen-bond acceptors (Lipinski definition) is 10. The molecular weight excluding hydrogens is 570 g/mol. The van der Waals surface area contributed by atoms with Crippen molar-refractivity contribution < 1.29 is 33.1 Å². The lowest BCUT2D eigenvalue weighted by Gasteiger charge is -2.51. The van der Waals surface area contributed by atoms with Gasteiger partial charge in [0.2, 0.25) is 5.75 Å². The van der Waals surface area contributed by atoms with Gasteiger partial charge in [0.25, 0.3) is 6.47 Å². The van der Waals surface area contributed by atoms with Crippen LogP contribution in [0.25, 0.3) is 0 Å². The van der Waals surface area contributed by atoms with Crippen molar-refractivity contribution in [2.24, 2.45) is 16.8 Å². The molecule has 11 nitrogen and oxygen atoms in total. The second-order valence-corrected chi connectivity index (χ2v) is 18.0. The van der Waals surface area contributed by atoms with Crippen LogP contribution in [0.3, 0.4) is 0 Å². The number of nitro groups is 1. The highest BCUT2D eigenvalue weighted by Crippen LogP contribution is 2.55. The minimum Gasteiger partial charge on any atom is -0.504 e. The minimum absolute atomic E-state index is 0.0565. The number of nitro benzene ring substituents is 1. The standard InChI is InChI=1S/C31H47N3O8Si/c1-9-21-17-33-13-12-31(41-14-15-42-43(7,8)30(2,3)4)27-24(10-11-25(34(36)37)28(27)39-6)32-29(31)26(33)16-23(21)22(18-38-5)19-40-20-35/h10-11,18,20-21,23,26H,9,12-17,19H2,1-8H3/t21-,23+,26+,31+/m1/s1. The van der Waals surface area contributed by atoms with Crippen molar-refractivity contribution in [2.75, 3.05) is 47.1 Å². The molecule has 4 rings (SSSR count). The molecule has 2 fully saturated rings. The van der Waals surface area contributed by atoms with Crippen LogP contribution in [0, 0.1) is 22.0 Å². The number of nitrogens with zero attached hydrogens (tertiary/aromatic N) is 3. The fraction of sp³-hybridized carbons (Fsp3) is 0.677. The first-order chi connectivity index (χ1) is 20.3. The molecule has 1 aromatic carbocycles. The summed E-state index contributed by atoms with van der Waals surface area (Å²) in [7, 11) is 1.05. The third-order valence-electron chi connectivity index (χ3n) is 9.89. The number of ether oxygens (including phenoxy) is 4. The summed E-state index contributed by atoms with van der Waals surface area (Å²) in [5.41, 5.74) is 1.92. The van der Waals surface area contributed by atoms with Gasteiger partial charge in [-0.05, 0) is 48.9 Å². The van der Waals surface area contributed by atoms with Crippen LogP contribution < -0.4 is 4.74 Å². The molecule has 0 amide bonds. The fourth-order valence-corrected chi connectivity index (χ4v) is 7.66. The summed E-state index contributed by atoms with van der Waals surface area (Å²) < 4.78 is 29.6. The van der Waals surface area contributed by atoms with Gasteiger partial charge < -0.3 is 23.4 Å². The Hall–Kier alpha value is -2.80. The molecule has 0 aromatic heterocycles. The molecule has 0 spiro atoms. The van der Waals surface area contributed by atoms with Crippen LogP contribution in [-0.2, 0) is 29.0 Å². The lowest BCUT2D eigenvalue weighted by Crippen LogP contribution is -2.61. The second kappa shape index (κ2) is 13.1. The highest BCUT2D eigenvalue weighted by molar-refractivity contribution is 6.74. The Morgan fingerprint density at radius 1 is 1.26 bits per heavy atom. The SMILES string of the molecule is CC[C@@H]1CN2CC[C@@]3(OCCO[Si](C)(C)C(C)(C)C)C(=Nc4ccc([N+](=O)[O-])c(OC)c43)[C@@H]2C[C@@H]1C(=COC)COC=O. The lowest BCUT2D eigenvalue weighted by molar-refractivity contribution is -0.385. The summed E-state index contributed by atoms with van der Waals surface area (Å²) in [5, 5.41) is 12.1. The van der Waals surface area contributed by atoms with E-state index >= 15 is 0 Å². The van der Waals surface area contributed by atoms with Crippen LogP contribution >= 0.6 is 0 Å². The first-order valence-electron chi connectivity index (χ1n) is 15.1. The first-order valence-corrected chi connectivity index (χ1v) is 18.0. The van der Waals surface area contributed by atoms with Crippen LogP contribution in [-0.4, -0.2) is 83.5 Å². The average molecular weight is 618 g/mol. The number of piperidine rings is 2. The molecule has 12 heteroatoms. The fourth-order valence-electron chi connectivity index (χ4n) is 6.64. The predicted octanol–water partition coefficient (Wildman–Crippen LogP) is 5.75. The molecule has 238 valence electrons. The summed E-state index contributed by atoms with van der Waals surface area (Å²) >= 11 is 0. The summed E-state index contributed by atoms with van der Waals surface area (Å²) in [6.07, 6.45) is 3.95. The molecule has 1 aromatic rings. The third kappa shape index (κ3) is 6.24. The van der Waals surface area contributed by atoms with Crippen molar-refractivity contribution in [1.82, 2.24) is 4.90 Å². The van der Waals surface area contributed by atoms with E-state index in [9.17, 15) is 14.9 Å². The van der Waals surface area contributed by atoms with Crippen molar-refractivity contribution in [2.45, 2.75) is 76.7 Å². The Morgan fingerprint density at radius 3 is 2.60 bits per heavy atom. The minimum atomic E-state index is -2.01. The van der Waals surface area contributed by atoms with Gasteiger partial charge in [0, 0.05) is 24.7 Å². The van der Waals surface area contributed by atoms with Crippen LogP contribution in [0.5, 0.6) is 5.75 Å². The average Bonchev–Trinajstić information content (AvgIpc) is 3.30. The van der Waals surface area contributed by atoms with E-state index in [1.165, 1.54) is 13.2 Å². The van der Waals surface area contributed by atoms with E-state index in [2.05, 4.69) is 45.7 Å². The number of hydrogen-bond donors (Lipinski definition) is 0. The largest absolute Gasteiger partial charge is 0.504 e. The van der Waals surface area contributed by atoms with Gasteiger partial charge in [-0.3, -0.25) is 24.8 Å². The van der Waals surface area contributed by atoms with E-state index in [0.717, 1.165) is 37.2 Å². The normalized spacial score (nSPS) is 25.7. The summed E-state index contributed by atoms with van der Waals surface area (Å²) in [6, 6.07) is 3.07. The molecule has 3 heterocycles. The maximum Gasteiger partial charge on any atom is 0.311 e. The van der Waals surface area contributed by atoms with Crippen molar-refractivity contribution >= 4 is 31.9 Å². The number of methoxy groups -OCH3 is 2. The molecule has 0 saturated carbocycles. The quantitative estimate of drug-likeness (QED) is 0.0680. The zero-order valence-corrected chi connectivity index (χ0v) is 27.8. The number of benzene rings is 1. The third-order valence-corrected chi connectivity index (χ3v) is 14.4. The van der Waals surface area contributed by atoms with E-state index < -0.39 is 18.8 Å². The maximum atomic E-state index is 12.0. The number of carbonyl (C=O) groups is 1. The van der Waals surface area contributed by atoms with E-state index in [1.807, 2.05) is 0 Å². The van der Waals surface area contributed by atoms with Gasteiger partial charge in [-0.25, -0.2) is 0 Å². The monoisotopic (exact) mass is 617 g/mol. The molecule has 0 aliphatic carbocycles. The second-order valence-electron chi connectivity index (χ2n) is 13.2. The van der Waals surface area contributed by atoms with Crippen LogP contribution in [0.4, 0.5) is 11.4 Å². The first kappa shape index (κ1) is 33.1. The summed E-state index contributed by atoms with van der Waals surface area (Å²) in [5.74, 6) is 0.615. The van der Waals surface area contributed by atoms with Gasteiger partial charge in [-0.15, -0.1) is 0 Å². The van der Waals surface area contributed by atoms with Crippen molar-refractivity contribution in [1.29, 1.82) is 0 Å². The summed E-state index contributed by atoms with van der Waals surface area (Å²) in [4.78, 5) is 30.3. The highest BCUT2D eigenvalue weighted by atomic mass is 28.4. The number of aliphatic imine (C=N–C) groups is 1. The predicted molar refractivity (Wildman–Crippen MR) is 166 cm³/mol. The zero-order valence-electron chi connectivity index (χ0n) is 26.8. The molecule has 0 radical (unpaired) electrons. The van der Waals surface area contributed by atoms with Gasteiger partial charge in [0.15, 0.2) is 8.32 Å². The molecular formula is C31H47N3O8Si. The Balaban J connectivity index is 1.74. The maximum absolute atomic E-state index is 12.0. The molecule has 43 heavy (non-hydrogen) atoms. The Morgan fingerprint density at radius 2 is 2.00 bits per heavy atom. The molecule has 0 N–H and O–H groups in total. The number of carbonyl (C=O) groups excluding carboxylic acids is 1. The van der Waals surface area contributed by atoms with Gasteiger partial charge in [-0.2, -0.15) is 0 Å². The Kier molecular flexibility index (Phi) is 10.0. The van der Waals surface area contributed by atoms with Gasteiger partial charge >= 0.3 is 5.69 Å². The van der Waals surface area contributed by atoms with Crippen LogP contribution in [0.1, 0.15) is 52.5 Å². The number of rotatable bonds is 13. The molecule has 0 bridgehead atoms. The van der Waals surface area contributed by atoms with Gasteiger partial charge in [0.05, 0.1) is 61.6 Å². The molecule has 3 aliphatic rings. The van der Waals surface area contributed by atoms with E-state index in [1.54, 1.807) is 19.4 Å². The molecule has 4 atom stereocenters. The van der Waals surface area contributed by atoms with Crippen LogP contribution in [0.15, 0.2) is 29.0 Å². The van der Waals surface area contributed by atoms with Crippen molar-refractivity contribution in [3.63, 3.8) is 0 Å². The summed E-state index contributed by atoms with van der Waals surface area (Å²) in [6.45, 7) is 16.1. The smallest absolute Gasteiger partial charge is 0.311 e. The van der Waals surface area contributed by atoms with Crippen molar-refractivity contribution in [3.8, 4) is 5.75 Å². The molecule has 3 aliphatic heterocycles. The van der Waals surface area contributed by atoms with E-state index in [0.29, 0.717) is 43.3 Å². The number of fused-ring (bicyclic) bond motifs is 5.